The maximum absolute atomic E-state index is 13.3. The Bertz CT molecular complexity index is 602. The van der Waals surface area contributed by atoms with Crippen molar-refractivity contribution in [2.24, 2.45) is 0 Å². The van der Waals surface area contributed by atoms with Gasteiger partial charge in [-0.25, -0.2) is 12.8 Å². The molecule has 1 aromatic carbocycles. The average Bonchev–Trinajstić information content (AvgIpc) is 2.93. The van der Waals surface area contributed by atoms with Crippen LogP contribution in [0.25, 0.3) is 0 Å². The molecule has 1 aliphatic rings. The summed E-state index contributed by atoms with van der Waals surface area (Å²) in [7, 11) is -3.73. The lowest BCUT2D eigenvalue weighted by atomic mass is 10.2. The Morgan fingerprint density at radius 1 is 1.38 bits per heavy atom. The molecule has 1 unspecified atom stereocenters. The Labute approximate surface area is 125 Å². The Hall–Kier alpha value is -1.18. The van der Waals surface area contributed by atoms with Crippen LogP contribution in [0.15, 0.2) is 23.1 Å². The molecule has 7 heteroatoms. The Balaban J connectivity index is 2.24. The summed E-state index contributed by atoms with van der Waals surface area (Å²) in [6, 6.07) is 3.66. The largest absolute Gasteiger partial charge is 0.398 e. The van der Waals surface area contributed by atoms with Crippen LogP contribution in [0.4, 0.5) is 10.1 Å². The zero-order valence-corrected chi connectivity index (χ0v) is 13.2. The maximum atomic E-state index is 13.3. The Morgan fingerprint density at radius 2 is 2.05 bits per heavy atom. The molecule has 1 aromatic rings. The zero-order valence-electron chi connectivity index (χ0n) is 12.4. The molecule has 2 rings (SSSR count). The number of benzene rings is 1. The maximum Gasteiger partial charge on any atom is 0.245 e. The summed E-state index contributed by atoms with van der Waals surface area (Å²) in [4.78, 5) is 2.10. The van der Waals surface area contributed by atoms with E-state index in [-0.39, 0.29) is 16.6 Å². The fourth-order valence-corrected chi connectivity index (χ4v) is 4.46. The molecular formula is C14H22FN3O2S. The van der Waals surface area contributed by atoms with Crippen LogP contribution in [0, 0.1) is 5.82 Å². The van der Waals surface area contributed by atoms with Gasteiger partial charge < -0.3 is 5.73 Å². The van der Waals surface area contributed by atoms with Gasteiger partial charge in [0.2, 0.25) is 10.0 Å². The molecule has 5 nitrogen and oxygen atoms in total. The minimum Gasteiger partial charge on any atom is -0.398 e. The minimum atomic E-state index is -3.73. The van der Waals surface area contributed by atoms with E-state index in [9.17, 15) is 12.8 Å². The normalized spacial score (nSPS) is 20.3. The Kier molecular flexibility index (Phi) is 4.85. The van der Waals surface area contributed by atoms with Crippen LogP contribution in [0.3, 0.4) is 0 Å². The van der Waals surface area contributed by atoms with Gasteiger partial charge in [-0.15, -0.1) is 0 Å². The molecule has 0 bridgehead atoms. The van der Waals surface area contributed by atoms with Crippen LogP contribution in [-0.4, -0.2) is 49.8 Å². The van der Waals surface area contributed by atoms with E-state index in [1.807, 2.05) is 0 Å². The molecule has 0 spiro atoms. The average molecular weight is 315 g/mol. The number of halogens is 1. The van der Waals surface area contributed by atoms with Gasteiger partial charge >= 0.3 is 0 Å². The summed E-state index contributed by atoms with van der Waals surface area (Å²) < 4.78 is 40.0. The molecule has 1 fully saturated rings. The summed E-state index contributed by atoms with van der Waals surface area (Å²) >= 11 is 0. The lowest BCUT2D eigenvalue weighted by Gasteiger charge is -2.26. The molecular weight excluding hydrogens is 293 g/mol. The van der Waals surface area contributed by atoms with Crippen LogP contribution < -0.4 is 5.73 Å². The van der Waals surface area contributed by atoms with E-state index >= 15 is 0 Å². The molecule has 2 N–H and O–H groups in total. The fourth-order valence-electron chi connectivity index (χ4n) is 2.84. The second-order valence-corrected chi connectivity index (χ2v) is 7.12. The van der Waals surface area contributed by atoms with E-state index in [1.54, 1.807) is 0 Å². The summed E-state index contributed by atoms with van der Waals surface area (Å²) in [6.45, 7) is 6.77. The molecule has 21 heavy (non-hydrogen) atoms. The van der Waals surface area contributed by atoms with Crippen molar-refractivity contribution >= 4 is 15.7 Å². The predicted molar refractivity (Wildman–Crippen MR) is 80.9 cm³/mol. The van der Waals surface area contributed by atoms with Crippen LogP contribution >= 0.6 is 0 Å². The van der Waals surface area contributed by atoms with Crippen molar-refractivity contribution in [3.8, 4) is 0 Å². The summed E-state index contributed by atoms with van der Waals surface area (Å²) in [6.07, 6.45) is 0.788. The van der Waals surface area contributed by atoms with Crippen molar-refractivity contribution in [3.05, 3.63) is 24.0 Å². The van der Waals surface area contributed by atoms with Crippen molar-refractivity contribution in [1.29, 1.82) is 0 Å². The molecule has 1 atom stereocenters. The van der Waals surface area contributed by atoms with Crippen LogP contribution in [0.2, 0.25) is 0 Å². The van der Waals surface area contributed by atoms with Crippen molar-refractivity contribution < 1.29 is 12.8 Å². The predicted octanol–water partition coefficient (Wildman–Crippen LogP) is 1.51. The molecule has 1 aliphatic heterocycles. The first-order valence-electron chi connectivity index (χ1n) is 7.19. The van der Waals surface area contributed by atoms with Gasteiger partial charge in [-0.3, -0.25) is 4.90 Å². The van der Waals surface area contributed by atoms with E-state index in [0.717, 1.165) is 31.6 Å². The number of anilines is 1. The Morgan fingerprint density at radius 3 is 2.67 bits per heavy atom. The van der Waals surface area contributed by atoms with Crippen molar-refractivity contribution in [2.75, 3.05) is 31.9 Å². The van der Waals surface area contributed by atoms with Crippen molar-refractivity contribution in [1.82, 2.24) is 9.21 Å². The molecule has 0 saturated carbocycles. The van der Waals surface area contributed by atoms with Gasteiger partial charge in [-0.05, 0) is 37.7 Å². The second-order valence-electron chi connectivity index (χ2n) is 5.21. The molecule has 0 aliphatic carbocycles. The number of hydrogen-bond donors (Lipinski definition) is 1. The molecule has 118 valence electrons. The topological polar surface area (TPSA) is 66.6 Å². The number of nitrogens with two attached hydrogens (primary N) is 1. The molecule has 1 saturated heterocycles. The third-order valence-corrected chi connectivity index (χ3v) is 5.97. The van der Waals surface area contributed by atoms with E-state index < -0.39 is 15.8 Å². The summed E-state index contributed by atoms with van der Waals surface area (Å²) in [5.41, 5.74) is 5.79. The van der Waals surface area contributed by atoms with Gasteiger partial charge in [-0.1, -0.05) is 13.8 Å². The number of hydrogen-bond acceptors (Lipinski definition) is 4. The molecule has 0 amide bonds. The summed E-state index contributed by atoms with van der Waals surface area (Å²) in [5, 5.41) is 0. The van der Waals surface area contributed by atoms with Crippen LogP contribution in [-0.2, 0) is 10.0 Å². The minimum absolute atomic E-state index is 0.0858. The lowest BCUT2D eigenvalue weighted by molar-refractivity contribution is 0.224. The first-order valence-corrected chi connectivity index (χ1v) is 8.63. The number of sulfonamides is 1. The highest BCUT2D eigenvalue weighted by Gasteiger charge is 2.35. The number of nitrogens with zero attached hydrogens (tertiary/aromatic N) is 2. The molecule has 1 heterocycles. The number of rotatable bonds is 5. The first kappa shape index (κ1) is 16.2. The van der Waals surface area contributed by atoms with Gasteiger partial charge in [0.25, 0.3) is 0 Å². The quantitative estimate of drug-likeness (QED) is 0.837. The van der Waals surface area contributed by atoms with Crippen molar-refractivity contribution in [2.45, 2.75) is 31.2 Å². The van der Waals surface area contributed by atoms with Gasteiger partial charge in [0.1, 0.15) is 10.7 Å². The van der Waals surface area contributed by atoms with Gasteiger partial charge in [0, 0.05) is 19.1 Å². The van der Waals surface area contributed by atoms with E-state index in [2.05, 4.69) is 18.7 Å². The molecule has 0 radical (unpaired) electrons. The zero-order chi connectivity index (χ0) is 15.6. The van der Waals surface area contributed by atoms with Gasteiger partial charge in [0.15, 0.2) is 0 Å². The highest BCUT2D eigenvalue weighted by Crippen LogP contribution is 2.27. The fraction of sp³-hybridized carbons (Fsp3) is 0.571. The number of nitrogen functional groups attached to an aromatic ring is 1. The third-order valence-electron chi connectivity index (χ3n) is 4.05. The highest BCUT2D eigenvalue weighted by molar-refractivity contribution is 7.89. The summed E-state index contributed by atoms with van der Waals surface area (Å²) in [5.74, 6) is -0.595. The monoisotopic (exact) mass is 315 g/mol. The second kappa shape index (κ2) is 6.29. The van der Waals surface area contributed by atoms with Gasteiger partial charge in [0.05, 0.1) is 5.69 Å². The molecule has 0 aromatic heterocycles. The van der Waals surface area contributed by atoms with Crippen molar-refractivity contribution in [3.63, 3.8) is 0 Å². The van der Waals surface area contributed by atoms with Crippen LogP contribution in [0.5, 0.6) is 0 Å². The van der Waals surface area contributed by atoms with Gasteiger partial charge in [-0.2, -0.15) is 4.31 Å². The van der Waals surface area contributed by atoms with E-state index in [0.29, 0.717) is 13.1 Å². The number of likely N-dealkylation sites (N-methyl/N-ethyl adjacent to an activating group) is 1. The lowest BCUT2D eigenvalue weighted by Crippen LogP contribution is -2.38. The smallest absolute Gasteiger partial charge is 0.245 e. The van der Waals surface area contributed by atoms with Crippen LogP contribution in [0.1, 0.15) is 20.3 Å². The first-order chi connectivity index (χ1) is 9.90. The third kappa shape index (κ3) is 3.20. The van der Waals surface area contributed by atoms with E-state index in [1.165, 1.54) is 10.4 Å². The highest BCUT2D eigenvalue weighted by atomic mass is 32.2. The standard InChI is InChI=1S/C14H22FN3O2S/c1-3-17(4-2)12-7-8-18(10-12)21(19,20)14-9-11(15)5-6-13(14)16/h5-6,9,12H,3-4,7-8,10,16H2,1-2H3. The van der Waals surface area contributed by atoms with E-state index in [4.69, 9.17) is 5.73 Å². The SMILES string of the molecule is CCN(CC)C1CCN(S(=O)(=O)c2cc(F)ccc2N)C1.